The average Bonchev–Trinajstić information content (AvgIpc) is 2.60. The van der Waals surface area contributed by atoms with Crippen molar-refractivity contribution in [3.8, 4) is 0 Å². The first-order valence-electron chi connectivity index (χ1n) is 8.53. The number of benzene rings is 1. The van der Waals surface area contributed by atoms with Gasteiger partial charge < -0.3 is 9.64 Å². The summed E-state index contributed by atoms with van der Waals surface area (Å²) in [5.41, 5.74) is -0.579. The molecular weight excluding hydrogens is 363 g/mol. The Morgan fingerprint density at radius 2 is 1.92 bits per heavy atom. The SMILES string of the molecule is CCN(C(=O)COC(=O)c1cc(S(N)(=O)=O)ccc1F)C1CCCCC1. The van der Waals surface area contributed by atoms with Gasteiger partial charge in [-0.2, -0.15) is 0 Å². The van der Waals surface area contributed by atoms with Crippen LogP contribution in [0.15, 0.2) is 23.1 Å². The molecule has 0 saturated heterocycles. The lowest BCUT2D eigenvalue weighted by atomic mass is 9.94. The van der Waals surface area contributed by atoms with Crippen LogP contribution >= 0.6 is 0 Å². The zero-order chi connectivity index (χ0) is 19.3. The number of likely N-dealkylation sites (N-methyl/N-ethyl adjacent to an activating group) is 1. The first kappa shape index (κ1) is 20.3. The molecule has 9 heteroatoms. The Morgan fingerprint density at radius 1 is 1.27 bits per heavy atom. The van der Waals surface area contributed by atoms with E-state index in [9.17, 15) is 22.4 Å². The van der Waals surface area contributed by atoms with E-state index in [-0.39, 0.29) is 11.9 Å². The second-order valence-electron chi connectivity index (χ2n) is 6.23. The molecule has 0 unspecified atom stereocenters. The van der Waals surface area contributed by atoms with E-state index in [1.165, 1.54) is 0 Å². The second-order valence-corrected chi connectivity index (χ2v) is 7.80. The van der Waals surface area contributed by atoms with E-state index in [1.54, 1.807) is 4.90 Å². The van der Waals surface area contributed by atoms with Crippen molar-refractivity contribution in [2.24, 2.45) is 5.14 Å². The van der Waals surface area contributed by atoms with Gasteiger partial charge in [-0.3, -0.25) is 4.79 Å². The van der Waals surface area contributed by atoms with Crippen LogP contribution in [0.25, 0.3) is 0 Å². The zero-order valence-electron chi connectivity index (χ0n) is 14.6. The van der Waals surface area contributed by atoms with Crippen LogP contribution in [0.3, 0.4) is 0 Å². The van der Waals surface area contributed by atoms with Gasteiger partial charge in [0, 0.05) is 12.6 Å². The number of esters is 1. The first-order chi connectivity index (χ1) is 12.2. The molecule has 1 aromatic carbocycles. The zero-order valence-corrected chi connectivity index (χ0v) is 15.4. The van der Waals surface area contributed by atoms with Gasteiger partial charge in [0.05, 0.1) is 10.5 Å². The van der Waals surface area contributed by atoms with Gasteiger partial charge in [-0.15, -0.1) is 0 Å². The summed E-state index contributed by atoms with van der Waals surface area (Å²) in [7, 11) is -4.09. The fourth-order valence-electron chi connectivity index (χ4n) is 3.16. The van der Waals surface area contributed by atoms with E-state index in [0.29, 0.717) is 6.54 Å². The van der Waals surface area contributed by atoms with Crippen LogP contribution in [-0.2, 0) is 19.6 Å². The maximum absolute atomic E-state index is 13.8. The van der Waals surface area contributed by atoms with Crippen LogP contribution in [0.5, 0.6) is 0 Å². The average molecular weight is 386 g/mol. The maximum Gasteiger partial charge on any atom is 0.341 e. The lowest BCUT2D eigenvalue weighted by Crippen LogP contribution is -2.43. The third-order valence-electron chi connectivity index (χ3n) is 4.49. The quantitative estimate of drug-likeness (QED) is 0.751. The molecule has 26 heavy (non-hydrogen) atoms. The van der Waals surface area contributed by atoms with Crippen LogP contribution < -0.4 is 5.14 Å². The van der Waals surface area contributed by atoms with Crippen molar-refractivity contribution in [2.45, 2.75) is 50.0 Å². The number of halogens is 1. The molecule has 1 aromatic rings. The molecule has 2 rings (SSSR count). The molecule has 0 spiro atoms. The molecule has 0 heterocycles. The highest BCUT2D eigenvalue weighted by atomic mass is 32.2. The molecule has 2 N–H and O–H groups in total. The highest BCUT2D eigenvalue weighted by Gasteiger charge is 2.25. The summed E-state index contributed by atoms with van der Waals surface area (Å²) in [5.74, 6) is -2.41. The summed E-state index contributed by atoms with van der Waals surface area (Å²) in [6.45, 7) is 1.82. The number of rotatable bonds is 6. The largest absolute Gasteiger partial charge is 0.452 e. The minimum Gasteiger partial charge on any atom is -0.452 e. The van der Waals surface area contributed by atoms with E-state index >= 15 is 0 Å². The van der Waals surface area contributed by atoms with Crippen molar-refractivity contribution in [1.82, 2.24) is 4.90 Å². The smallest absolute Gasteiger partial charge is 0.341 e. The van der Waals surface area contributed by atoms with E-state index in [1.807, 2.05) is 6.92 Å². The van der Waals surface area contributed by atoms with Crippen molar-refractivity contribution >= 4 is 21.9 Å². The number of hydrogen-bond donors (Lipinski definition) is 1. The normalized spacial score (nSPS) is 15.5. The number of nitrogens with two attached hydrogens (primary N) is 1. The molecule has 144 valence electrons. The lowest BCUT2D eigenvalue weighted by molar-refractivity contribution is -0.137. The highest BCUT2D eigenvalue weighted by Crippen LogP contribution is 2.22. The Hall–Kier alpha value is -2.00. The van der Waals surface area contributed by atoms with Gasteiger partial charge >= 0.3 is 5.97 Å². The summed E-state index contributed by atoms with van der Waals surface area (Å²) >= 11 is 0. The Kier molecular flexibility index (Phi) is 6.71. The van der Waals surface area contributed by atoms with Crippen LogP contribution in [0.4, 0.5) is 4.39 Å². The minimum atomic E-state index is -4.09. The molecule has 1 aliphatic carbocycles. The fourth-order valence-corrected chi connectivity index (χ4v) is 3.70. The number of amides is 1. The van der Waals surface area contributed by atoms with E-state index in [4.69, 9.17) is 9.88 Å². The summed E-state index contributed by atoms with van der Waals surface area (Å²) < 4.78 is 41.4. The molecule has 7 nitrogen and oxygen atoms in total. The minimum absolute atomic E-state index is 0.127. The topological polar surface area (TPSA) is 107 Å². The Labute approximate surface area is 152 Å². The number of carbonyl (C=O) groups is 2. The standard InChI is InChI=1S/C17H23FN2O5S/c1-2-20(12-6-4-3-5-7-12)16(21)11-25-17(22)14-10-13(26(19,23)24)8-9-15(14)18/h8-10,12H,2-7,11H2,1H3,(H2,19,23,24). The molecule has 1 aliphatic rings. The number of hydrogen-bond acceptors (Lipinski definition) is 5. The van der Waals surface area contributed by atoms with Gasteiger partial charge in [-0.25, -0.2) is 22.7 Å². The molecule has 1 saturated carbocycles. The van der Waals surface area contributed by atoms with Gasteiger partial charge in [0.1, 0.15) is 5.82 Å². The van der Waals surface area contributed by atoms with Crippen LogP contribution in [0, 0.1) is 5.82 Å². The third-order valence-corrected chi connectivity index (χ3v) is 5.40. The highest BCUT2D eigenvalue weighted by molar-refractivity contribution is 7.89. The summed E-state index contributed by atoms with van der Waals surface area (Å²) in [5, 5.41) is 4.98. The van der Waals surface area contributed by atoms with E-state index in [0.717, 1.165) is 50.3 Å². The van der Waals surface area contributed by atoms with Gasteiger partial charge in [0.15, 0.2) is 6.61 Å². The second kappa shape index (κ2) is 8.59. The predicted molar refractivity (Wildman–Crippen MR) is 92.3 cm³/mol. The summed E-state index contributed by atoms with van der Waals surface area (Å²) in [6.07, 6.45) is 5.09. The Balaban J connectivity index is 2.04. The summed E-state index contributed by atoms with van der Waals surface area (Å²) in [4.78, 5) is 25.7. The van der Waals surface area contributed by atoms with Gasteiger partial charge in [-0.05, 0) is 38.0 Å². The maximum atomic E-state index is 13.8. The number of ether oxygens (including phenoxy) is 1. The Bertz CT molecular complexity index is 775. The van der Waals surface area contributed by atoms with Gasteiger partial charge in [0.2, 0.25) is 10.0 Å². The fraction of sp³-hybridized carbons (Fsp3) is 0.529. The number of sulfonamides is 1. The number of primary sulfonamides is 1. The molecule has 0 aliphatic heterocycles. The van der Waals surface area contributed by atoms with Gasteiger partial charge in [0.25, 0.3) is 5.91 Å². The lowest BCUT2D eigenvalue weighted by Gasteiger charge is -2.33. The van der Waals surface area contributed by atoms with Crippen molar-refractivity contribution in [3.63, 3.8) is 0 Å². The monoisotopic (exact) mass is 386 g/mol. The van der Waals surface area contributed by atoms with Gasteiger partial charge in [-0.1, -0.05) is 19.3 Å². The Morgan fingerprint density at radius 3 is 2.50 bits per heavy atom. The predicted octanol–water partition coefficient (Wildman–Crippen LogP) is 1.81. The van der Waals surface area contributed by atoms with E-state index < -0.39 is 38.9 Å². The number of nitrogens with zero attached hydrogens (tertiary/aromatic N) is 1. The number of carbonyl (C=O) groups excluding carboxylic acids is 2. The van der Waals surface area contributed by atoms with E-state index in [2.05, 4.69) is 0 Å². The molecule has 0 bridgehead atoms. The molecule has 0 aromatic heterocycles. The van der Waals surface area contributed by atoms with Crippen molar-refractivity contribution in [2.75, 3.05) is 13.2 Å². The van der Waals surface area contributed by atoms with Crippen LogP contribution in [-0.4, -0.2) is 44.4 Å². The van der Waals surface area contributed by atoms with Crippen molar-refractivity contribution in [3.05, 3.63) is 29.6 Å². The molecule has 0 radical (unpaired) electrons. The molecule has 1 fully saturated rings. The van der Waals surface area contributed by atoms with Crippen molar-refractivity contribution in [1.29, 1.82) is 0 Å². The van der Waals surface area contributed by atoms with Crippen LogP contribution in [0.2, 0.25) is 0 Å². The molecular formula is C17H23FN2O5S. The third kappa shape index (κ3) is 5.01. The molecule has 1 amide bonds. The van der Waals surface area contributed by atoms with Crippen LogP contribution in [0.1, 0.15) is 49.4 Å². The first-order valence-corrected chi connectivity index (χ1v) is 10.1. The molecule has 0 atom stereocenters. The van der Waals surface area contributed by atoms with Crippen molar-refractivity contribution < 1.29 is 27.1 Å². The summed E-state index contributed by atoms with van der Waals surface area (Å²) in [6, 6.07) is 2.70.